The predicted molar refractivity (Wildman–Crippen MR) is 307 cm³/mol. The van der Waals surface area contributed by atoms with Gasteiger partial charge in [-0.25, -0.2) is 0 Å². The minimum absolute atomic E-state index is 0.0830. The van der Waals surface area contributed by atoms with Crippen molar-refractivity contribution in [3.05, 3.63) is 85.1 Å². The Morgan fingerprint density at radius 2 is 0.549 bits per heavy atom. The van der Waals surface area contributed by atoms with Gasteiger partial charge in [0.15, 0.2) is 6.10 Å². The average Bonchev–Trinajstić information content (AvgIpc) is 3.37. The summed E-state index contributed by atoms with van der Waals surface area (Å²) in [6.45, 7) is 6.46. The Morgan fingerprint density at radius 3 is 0.859 bits per heavy atom. The Morgan fingerprint density at radius 1 is 0.296 bits per heavy atom. The molecule has 0 aromatic carbocycles. The van der Waals surface area contributed by atoms with Gasteiger partial charge in [-0.2, -0.15) is 0 Å². The molecular weight excluding hydrogens is 877 g/mol. The molecule has 0 bridgehead atoms. The third-order valence-electron chi connectivity index (χ3n) is 13.0. The Hall–Kier alpha value is -3.41. The largest absolute Gasteiger partial charge is 0.462 e. The fourth-order valence-corrected chi connectivity index (χ4v) is 8.43. The summed E-state index contributed by atoms with van der Waals surface area (Å²) in [4.78, 5) is 38.3. The lowest BCUT2D eigenvalue weighted by molar-refractivity contribution is -0.167. The number of ether oxygens (including phenoxy) is 3. The molecule has 0 aliphatic rings. The summed E-state index contributed by atoms with van der Waals surface area (Å²) in [7, 11) is 0. The first kappa shape index (κ1) is 67.6. The van der Waals surface area contributed by atoms with Crippen molar-refractivity contribution >= 4 is 17.9 Å². The summed E-state index contributed by atoms with van der Waals surface area (Å²) in [6.07, 6.45) is 77.1. The van der Waals surface area contributed by atoms with Crippen LogP contribution in [0.2, 0.25) is 0 Å². The van der Waals surface area contributed by atoms with Gasteiger partial charge in [0, 0.05) is 19.3 Å². The lowest BCUT2D eigenvalue weighted by Gasteiger charge is -2.18. The van der Waals surface area contributed by atoms with Crippen LogP contribution in [0.5, 0.6) is 0 Å². The van der Waals surface area contributed by atoms with E-state index in [0.29, 0.717) is 19.3 Å². The topological polar surface area (TPSA) is 78.9 Å². The van der Waals surface area contributed by atoms with Crippen LogP contribution in [0.3, 0.4) is 0 Å². The van der Waals surface area contributed by atoms with Crippen molar-refractivity contribution in [1.82, 2.24) is 0 Å². The zero-order valence-corrected chi connectivity index (χ0v) is 46.7. The van der Waals surface area contributed by atoms with Gasteiger partial charge in [0.25, 0.3) is 0 Å². The van der Waals surface area contributed by atoms with Crippen LogP contribution < -0.4 is 0 Å². The van der Waals surface area contributed by atoms with Gasteiger partial charge in [-0.3, -0.25) is 14.4 Å². The van der Waals surface area contributed by atoms with Crippen LogP contribution in [0.15, 0.2) is 85.1 Å². The second kappa shape index (κ2) is 59.2. The Kier molecular flexibility index (Phi) is 56.3. The molecule has 1 unspecified atom stereocenters. The van der Waals surface area contributed by atoms with Gasteiger partial charge in [0.2, 0.25) is 0 Å². The van der Waals surface area contributed by atoms with Gasteiger partial charge in [0.05, 0.1) is 0 Å². The van der Waals surface area contributed by atoms with E-state index in [1.807, 2.05) is 0 Å². The maximum Gasteiger partial charge on any atom is 0.306 e. The van der Waals surface area contributed by atoms with Crippen molar-refractivity contribution in [1.29, 1.82) is 0 Å². The van der Waals surface area contributed by atoms with E-state index in [4.69, 9.17) is 14.2 Å². The van der Waals surface area contributed by atoms with Gasteiger partial charge in [-0.1, -0.05) is 266 Å². The molecule has 0 saturated heterocycles. The molecule has 0 aromatic rings. The second-order valence-electron chi connectivity index (χ2n) is 20.0. The van der Waals surface area contributed by atoms with Crippen molar-refractivity contribution in [2.24, 2.45) is 0 Å². The third kappa shape index (κ3) is 57.4. The van der Waals surface area contributed by atoms with Crippen LogP contribution in [-0.2, 0) is 28.6 Å². The quantitative estimate of drug-likeness (QED) is 0.0261. The molecule has 6 nitrogen and oxygen atoms in total. The third-order valence-corrected chi connectivity index (χ3v) is 13.0. The lowest BCUT2D eigenvalue weighted by Crippen LogP contribution is -2.30. The molecule has 71 heavy (non-hydrogen) atoms. The number of hydrogen-bond acceptors (Lipinski definition) is 6. The monoisotopic (exact) mass is 989 g/mol. The van der Waals surface area contributed by atoms with Gasteiger partial charge < -0.3 is 14.2 Å². The highest BCUT2D eigenvalue weighted by atomic mass is 16.6. The highest BCUT2D eigenvalue weighted by Gasteiger charge is 2.19. The maximum atomic E-state index is 12.9. The summed E-state index contributed by atoms with van der Waals surface area (Å²) in [6, 6.07) is 0. The normalized spacial score (nSPS) is 12.7. The van der Waals surface area contributed by atoms with Gasteiger partial charge in [-0.15, -0.1) is 0 Å². The van der Waals surface area contributed by atoms with Crippen molar-refractivity contribution in [3.63, 3.8) is 0 Å². The summed E-state index contributed by atoms with van der Waals surface area (Å²) >= 11 is 0. The molecule has 0 aliphatic heterocycles. The maximum absolute atomic E-state index is 12.9. The Bertz CT molecular complexity index is 1370. The van der Waals surface area contributed by atoms with E-state index in [0.717, 1.165) is 70.6 Å². The zero-order chi connectivity index (χ0) is 51.4. The van der Waals surface area contributed by atoms with Crippen LogP contribution in [0, 0.1) is 0 Å². The lowest BCUT2D eigenvalue weighted by atomic mass is 10.1. The molecule has 0 amide bonds. The summed E-state index contributed by atoms with van der Waals surface area (Å²) < 4.78 is 16.9. The first-order valence-corrected chi connectivity index (χ1v) is 30.2. The minimum Gasteiger partial charge on any atom is -0.462 e. The van der Waals surface area contributed by atoms with Crippen molar-refractivity contribution in [2.45, 2.75) is 297 Å². The SMILES string of the molecule is CC\C=C/C=C\C=C/CCCCCCCCCC(=O)OCC(COC(=O)CCCCCCCCCCCC/C=C\C=C/CCCCC)OC(=O)CCCCCCCCCCCC/C=C\C=C/CCCCC. The van der Waals surface area contributed by atoms with Crippen LogP contribution in [0.4, 0.5) is 0 Å². The summed E-state index contributed by atoms with van der Waals surface area (Å²) in [5.74, 6) is -0.893. The Labute approximate surface area is 439 Å². The minimum atomic E-state index is -0.786. The van der Waals surface area contributed by atoms with E-state index in [9.17, 15) is 14.4 Å². The van der Waals surface area contributed by atoms with Crippen LogP contribution in [-0.4, -0.2) is 37.2 Å². The molecule has 0 N–H and O–H groups in total. The number of rotatable bonds is 54. The second-order valence-corrected chi connectivity index (χ2v) is 20.0. The molecule has 0 fully saturated rings. The fourth-order valence-electron chi connectivity index (χ4n) is 8.43. The highest BCUT2D eigenvalue weighted by Crippen LogP contribution is 2.16. The summed E-state index contributed by atoms with van der Waals surface area (Å²) in [5, 5.41) is 0. The van der Waals surface area contributed by atoms with Gasteiger partial charge in [-0.05, 0) is 89.9 Å². The average molecular weight is 990 g/mol. The zero-order valence-electron chi connectivity index (χ0n) is 46.7. The molecule has 408 valence electrons. The van der Waals surface area contributed by atoms with E-state index in [1.54, 1.807) is 0 Å². The van der Waals surface area contributed by atoms with Gasteiger partial charge >= 0.3 is 17.9 Å². The molecule has 0 spiro atoms. The fraction of sp³-hybridized carbons (Fsp3) is 0.738. The van der Waals surface area contributed by atoms with Crippen LogP contribution in [0.1, 0.15) is 290 Å². The number of unbranched alkanes of at least 4 members (excludes halogenated alkanes) is 33. The smallest absolute Gasteiger partial charge is 0.306 e. The van der Waals surface area contributed by atoms with Crippen LogP contribution in [0.25, 0.3) is 0 Å². The number of carbonyl (C=O) groups excluding carboxylic acids is 3. The van der Waals surface area contributed by atoms with Crippen molar-refractivity contribution in [2.75, 3.05) is 13.2 Å². The number of esters is 3. The van der Waals surface area contributed by atoms with E-state index in [1.165, 1.54) is 180 Å². The molecule has 1 atom stereocenters. The highest BCUT2D eigenvalue weighted by molar-refractivity contribution is 5.71. The molecule has 0 radical (unpaired) electrons. The summed E-state index contributed by atoms with van der Waals surface area (Å²) in [5.41, 5.74) is 0. The predicted octanol–water partition coefficient (Wildman–Crippen LogP) is 20.3. The van der Waals surface area contributed by atoms with Crippen molar-refractivity contribution in [3.8, 4) is 0 Å². The first-order valence-electron chi connectivity index (χ1n) is 30.2. The molecule has 6 heteroatoms. The van der Waals surface area contributed by atoms with Gasteiger partial charge in [0.1, 0.15) is 13.2 Å². The molecule has 0 aromatic heterocycles. The number of carbonyl (C=O) groups is 3. The molecule has 0 heterocycles. The van der Waals surface area contributed by atoms with E-state index in [-0.39, 0.29) is 31.1 Å². The number of hydrogen-bond donors (Lipinski definition) is 0. The number of allylic oxidation sites excluding steroid dienone is 14. The Balaban J connectivity index is 4.39. The molecule has 0 rings (SSSR count). The first-order chi connectivity index (χ1) is 35.0. The van der Waals surface area contributed by atoms with E-state index < -0.39 is 6.10 Å². The molecular formula is C65H112O6. The molecule has 0 saturated carbocycles. The van der Waals surface area contributed by atoms with E-state index in [2.05, 4.69) is 106 Å². The molecule has 0 aliphatic carbocycles. The van der Waals surface area contributed by atoms with Crippen molar-refractivity contribution < 1.29 is 28.6 Å². The van der Waals surface area contributed by atoms with Crippen LogP contribution >= 0.6 is 0 Å². The standard InChI is InChI=1S/C65H112O6/c1-4-7-10-13-16-19-22-25-28-30-32-34-37-40-43-46-49-52-55-58-64(67)70-61-62(60-69-63(66)57-54-51-48-45-42-39-36-27-24-21-18-15-12-9-6-3)71-65(68)59-56-53-50-47-44-41-38-35-33-31-29-26-23-20-17-14-11-8-5-2/h9,12,15-26,62H,4-8,10-11,13-14,27-61H2,1-3H3/b12-9-,18-15-,19-16-,20-17-,24-21-,25-22-,26-23-. The van der Waals surface area contributed by atoms with E-state index >= 15 is 0 Å².